The number of amidine groups is 2. The Morgan fingerprint density at radius 3 is 2.74 bits per heavy atom. The lowest BCUT2D eigenvalue weighted by Gasteiger charge is -2.31. The second-order valence-corrected chi connectivity index (χ2v) is 10.6. The minimum atomic E-state index is -4.28. The molecule has 8 atom stereocenters. The highest BCUT2D eigenvalue weighted by atomic mass is 31.2. The normalized spacial score (nSPS) is 33.4. The minimum Gasteiger partial charge on any atom is -0.466 e. The summed E-state index contributed by atoms with van der Waals surface area (Å²) >= 11 is 0. The molecule has 0 saturated carbocycles. The van der Waals surface area contributed by atoms with Gasteiger partial charge in [0.1, 0.15) is 30.2 Å². The van der Waals surface area contributed by atoms with Crippen LogP contribution >= 0.6 is 7.60 Å². The van der Waals surface area contributed by atoms with Gasteiger partial charge in [0, 0.05) is 0 Å². The summed E-state index contributed by atoms with van der Waals surface area (Å²) in [6.07, 6.45) is -6.25. The van der Waals surface area contributed by atoms with Crippen LogP contribution in [-0.2, 0) is 23.4 Å². The van der Waals surface area contributed by atoms with Crippen LogP contribution in [0.2, 0.25) is 0 Å². The first-order valence-corrected chi connectivity index (χ1v) is 12.7. The number of nitrogens with two attached hydrogens (primary N) is 1. The van der Waals surface area contributed by atoms with E-state index in [1.54, 1.807) is 6.92 Å². The number of ether oxygens (including phenoxy) is 2. The largest absolute Gasteiger partial charge is 0.466 e. The molecule has 15 heteroatoms. The summed E-state index contributed by atoms with van der Waals surface area (Å²) in [5.74, 6) is -1.45. The van der Waals surface area contributed by atoms with Crippen molar-refractivity contribution in [1.29, 1.82) is 0 Å². The molecule has 34 heavy (non-hydrogen) atoms. The lowest BCUT2D eigenvalue weighted by atomic mass is 9.99. The summed E-state index contributed by atoms with van der Waals surface area (Å²) in [5.41, 5.74) is 5.69. The zero-order valence-electron chi connectivity index (χ0n) is 19.1. The van der Waals surface area contributed by atoms with E-state index < -0.39 is 75.1 Å². The van der Waals surface area contributed by atoms with Gasteiger partial charge in [-0.2, -0.15) is 9.38 Å². The first kappa shape index (κ1) is 26.6. The summed E-state index contributed by atoms with van der Waals surface area (Å²) in [7, 11) is -4.28. The Balaban J connectivity index is 1.62. The van der Waals surface area contributed by atoms with Crippen molar-refractivity contribution in [2.24, 2.45) is 32.5 Å². The molecule has 0 aliphatic carbocycles. The van der Waals surface area contributed by atoms with Gasteiger partial charge < -0.3 is 39.7 Å². The second kappa shape index (κ2) is 10.8. The van der Waals surface area contributed by atoms with Gasteiger partial charge in [-0.25, -0.2) is 4.99 Å². The number of esters is 1. The van der Waals surface area contributed by atoms with E-state index in [2.05, 4.69) is 15.0 Å². The van der Waals surface area contributed by atoms with Crippen molar-refractivity contribution in [2.45, 2.75) is 63.9 Å². The Kier molecular flexibility index (Phi) is 8.43. The quantitative estimate of drug-likeness (QED) is 0.172. The van der Waals surface area contributed by atoms with E-state index in [9.17, 15) is 28.9 Å². The van der Waals surface area contributed by atoms with Crippen molar-refractivity contribution in [3.05, 3.63) is 0 Å². The van der Waals surface area contributed by atoms with E-state index in [4.69, 9.17) is 19.7 Å². The Hall–Kier alpha value is -1.96. The van der Waals surface area contributed by atoms with Gasteiger partial charge in [0.15, 0.2) is 12.4 Å². The van der Waals surface area contributed by atoms with Crippen molar-refractivity contribution < 1.29 is 42.9 Å². The summed E-state index contributed by atoms with van der Waals surface area (Å²) in [6.45, 7) is 4.97. The fourth-order valence-electron chi connectivity index (χ4n) is 4.06. The molecule has 3 rings (SSSR count). The average molecular weight is 507 g/mol. The molecule has 0 spiro atoms. The monoisotopic (exact) mass is 507 g/mol. The third kappa shape index (κ3) is 5.99. The van der Waals surface area contributed by atoms with Crippen LogP contribution in [0.4, 0.5) is 4.39 Å². The van der Waals surface area contributed by atoms with Crippen LogP contribution in [0.25, 0.3) is 0 Å². The summed E-state index contributed by atoms with van der Waals surface area (Å²) in [5, 5.41) is 20.9. The third-order valence-electron chi connectivity index (χ3n) is 5.61. The van der Waals surface area contributed by atoms with Gasteiger partial charge in [-0.1, -0.05) is 13.8 Å². The molecule has 0 aromatic rings. The SMILES string of the molecule is CCOC(=O)[C@H](CC(C)C)CP(=O)(O)OC[C@H]1O[C@@H](N2C=NC3C(N)=NC(F)=NC32)[C@@H](O)[C@@H]1O. The van der Waals surface area contributed by atoms with Crippen LogP contribution in [0.15, 0.2) is 15.0 Å². The molecular formula is C19H31FN5O8P. The highest BCUT2D eigenvalue weighted by Gasteiger charge is 2.51. The standard InChI is InChI=1S/C19H31FN5O8P/c1-4-31-18(28)10(5-9(2)3)7-34(29,30)32-6-11-13(26)14(27)17(33-11)25-8-22-12-15(21)23-19(20)24-16(12)25/h8-14,16-17,26-27H,4-7H2,1-3H3,(H,29,30)(H2,21,23,24)/t10-,11-,12?,13-,14+,16?,17-/m1/s1. The molecule has 3 unspecified atom stereocenters. The number of halogens is 1. The highest BCUT2D eigenvalue weighted by Crippen LogP contribution is 2.46. The zero-order chi connectivity index (χ0) is 25.2. The molecule has 0 radical (unpaired) electrons. The van der Waals surface area contributed by atoms with Crippen LogP contribution < -0.4 is 5.73 Å². The second-order valence-electron chi connectivity index (χ2n) is 8.75. The van der Waals surface area contributed by atoms with Gasteiger partial charge in [-0.05, 0) is 19.3 Å². The summed E-state index contributed by atoms with van der Waals surface area (Å²) in [4.78, 5) is 35.1. The van der Waals surface area contributed by atoms with Crippen LogP contribution in [0.3, 0.4) is 0 Å². The van der Waals surface area contributed by atoms with Gasteiger partial charge >= 0.3 is 19.7 Å². The Labute approximate surface area is 196 Å². The van der Waals surface area contributed by atoms with E-state index in [-0.39, 0.29) is 18.4 Å². The average Bonchev–Trinajstić information content (AvgIpc) is 3.27. The minimum absolute atomic E-state index is 0.0719. The molecule has 0 bridgehead atoms. The Morgan fingerprint density at radius 1 is 1.38 bits per heavy atom. The highest BCUT2D eigenvalue weighted by molar-refractivity contribution is 7.52. The van der Waals surface area contributed by atoms with E-state index in [1.165, 1.54) is 11.2 Å². The number of nitrogens with zero attached hydrogens (tertiary/aromatic N) is 4. The molecule has 1 fully saturated rings. The third-order valence-corrected chi connectivity index (χ3v) is 7.06. The molecule has 3 heterocycles. The van der Waals surface area contributed by atoms with Crippen LogP contribution in [0.1, 0.15) is 27.2 Å². The lowest BCUT2D eigenvalue weighted by molar-refractivity contribution is -0.147. The number of hydrogen-bond donors (Lipinski definition) is 4. The van der Waals surface area contributed by atoms with E-state index in [1.807, 2.05) is 13.8 Å². The molecule has 3 aliphatic heterocycles. The van der Waals surface area contributed by atoms with Gasteiger partial charge in [-0.3, -0.25) is 14.4 Å². The molecule has 192 valence electrons. The summed E-state index contributed by atoms with van der Waals surface area (Å²) in [6, 6.07) is -0.777. The Bertz CT molecular complexity index is 902. The molecule has 13 nitrogen and oxygen atoms in total. The van der Waals surface area contributed by atoms with Gasteiger partial charge in [-0.15, -0.1) is 0 Å². The van der Waals surface area contributed by atoms with Crippen molar-refractivity contribution in [2.75, 3.05) is 19.4 Å². The number of fused-ring (bicyclic) bond motifs is 1. The van der Waals surface area contributed by atoms with Gasteiger partial charge in [0.05, 0.1) is 31.6 Å². The van der Waals surface area contributed by atoms with Crippen LogP contribution in [0.5, 0.6) is 0 Å². The summed E-state index contributed by atoms with van der Waals surface area (Å²) < 4.78 is 42.1. The predicted octanol–water partition coefficient (Wildman–Crippen LogP) is -0.405. The fourth-order valence-corrected chi connectivity index (χ4v) is 5.40. The fraction of sp³-hybridized carbons (Fsp3) is 0.789. The molecule has 1 saturated heterocycles. The lowest BCUT2D eigenvalue weighted by Crippen LogP contribution is -2.51. The number of carbonyl (C=O) groups excluding carboxylic acids is 1. The topological polar surface area (TPSA) is 189 Å². The number of aliphatic hydroxyl groups excluding tert-OH is 2. The maximum absolute atomic E-state index is 13.7. The maximum Gasteiger partial charge on any atom is 0.329 e. The number of rotatable bonds is 10. The number of hydrogen-bond acceptors (Lipinski definition) is 12. The van der Waals surface area contributed by atoms with Crippen molar-refractivity contribution in [3.8, 4) is 0 Å². The van der Waals surface area contributed by atoms with Gasteiger partial charge in [0.25, 0.3) is 0 Å². The van der Waals surface area contributed by atoms with Gasteiger partial charge in [0.2, 0.25) is 0 Å². The number of carbonyl (C=O) groups is 1. The molecule has 3 aliphatic rings. The first-order chi connectivity index (χ1) is 15.9. The number of aliphatic hydroxyl groups is 2. The molecule has 0 aromatic carbocycles. The van der Waals surface area contributed by atoms with E-state index in [0.29, 0.717) is 6.42 Å². The zero-order valence-corrected chi connectivity index (χ0v) is 20.0. The van der Waals surface area contributed by atoms with Crippen molar-refractivity contribution in [3.63, 3.8) is 0 Å². The Morgan fingerprint density at radius 2 is 2.09 bits per heavy atom. The van der Waals surface area contributed by atoms with E-state index in [0.717, 1.165) is 0 Å². The molecular weight excluding hydrogens is 476 g/mol. The van der Waals surface area contributed by atoms with Crippen LogP contribution in [-0.4, -0.2) is 100 Å². The predicted molar refractivity (Wildman–Crippen MR) is 119 cm³/mol. The van der Waals surface area contributed by atoms with Crippen molar-refractivity contribution >= 4 is 31.8 Å². The maximum atomic E-state index is 13.7. The van der Waals surface area contributed by atoms with E-state index >= 15 is 0 Å². The molecule has 5 N–H and O–H groups in total. The first-order valence-electron chi connectivity index (χ1n) is 11.0. The molecule has 0 aromatic heterocycles. The number of aliphatic imine (C=N–C) groups is 3. The van der Waals surface area contributed by atoms with Crippen molar-refractivity contribution in [1.82, 2.24) is 4.90 Å². The smallest absolute Gasteiger partial charge is 0.329 e. The van der Waals surface area contributed by atoms with Crippen LogP contribution in [0, 0.1) is 11.8 Å². The molecule has 0 amide bonds.